The first-order valence-corrected chi connectivity index (χ1v) is 9.22. The summed E-state index contributed by atoms with van der Waals surface area (Å²) in [5.41, 5.74) is 1.92. The average molecular weight is 378 g/mol. The van der Waals surface area contributed by atoms with E-state index in [4.69, 9.17) is 4.74 Å². The lowest BCUT2D eigenvalue weighted by Gasteiger charge is -2.37. The standard InChI is InChI=1S/C20H22N6O2/c1-28-18-10-6-5-9-17(18)24-11-13-25(14-12-24)20(27)19(26-15-21-22-23-26)16-7-3-2-4-8-16/h2-10,15,19H,11-14H2,1H3/t19-/m0/s1. The van der Waals surface area contributed by atoms with E-state index >= 15 is 0 Å². The van der Waals surface area contributed by atoms with Crippen LogP contribution in [0, 0.1) is 0 Å². The highest BCUT2D eigenvalue weighted by atomic mass is 16.5. The predicted octanol–water partition coefficient (Wildman–Crippen LogP) is 1.62. The zero-order chi connectivity index (χ0) is 19.3. The van der Waals surface area contributed by atoms with E-state index in [1.165, 1.54) is 11.0 Å². The van der Waals surface area contributed by atoms with Gasteiger partial charge < -0.3 is 14.5 Å². The summed E-state index contributed by atoms with van der Waals surface area (Å²) in [5.74, 6) is 0.844. The number of rotatable bonds is 5. The summed E-state index contributed by atoms with van der Waals surface area (Å²) in [4.78, 5) is 17.5. The van der Waals surface area contributed by atoms with Crippen molar-refractivity contribution in [2.24, 2.45) is 0 Å². The Morgan fingerprint density at radius 2 is 1.71 bits per heavy atom. The van der Waals surface area contributed by atoms with Crippen LogP contribution >= 0.6 is 0 Å². The highest BCUT2D eigenvalue weighted by Crippen LogP contribution is 2.29. The molecular formula is C20H22N6O2. The molecule has 0 radical (unpaired) electrons. The summed E-state index contributed by atoms with van der Waals surface area (Å²) < 4.78 is 6.99. The minimum absolute atomic E-state index is 0.00169. The molecule has 0 spiro atoms. The maximum Gasteiger partial charge on any atom is 0.252 e. The van der Waals surface area contributed by atoms with E-state index < -0.39 is 6.04 Å². The van der Waals surface area contributed by atoms with Gasteiger partial charge in [-0.2, -0.15) is 0 Å². The summed E-state index contributed by atoms with van der Waals surface area (Å²) >= 11 is 0. The molecule has 2 heterocycles. The van der Waals surface area contributed by atoms with Crippen molar-refractivity contribution in [3.63, 3.8) is 0 Å². The van der Waals surface area contributed by atoms with Crippen molar-refractivity contribution >= 4 is 11.6 Å². The molecule has 3 aromatic rings. The summed E-state index contributed by atoms with van der Waals surface area (Å²) in [6.07, 6.45) is 1.49. The molecule has 0 aliphatic carbocycles. The lowest BCUT2D eigenvalue weighted by Crippen LogP contribution is -2.51. The van der Waals surface area contributed by atoms with Crippen LogP contribution in [0.5, 0.6) is 5.75 Å². The molecule has 1 aromatic heterocycles. The van der Waals surface area contributed by atoms with Crippen LogP contribution < -0.4 is 9.64 Å². The number of methoxy groups -OCH3 is 1. The maximum absolute atomic E-state index is 13.3. The first-order valence-electron chi connectivity index (χ1n) is 9.22. The largest absolute Gasteiger partial charge is 0.495 e. The first-order chi connectivity index (χ1) is 13.8. The number of hydrogen-bond acceptors (Lipinski definition) is 6. The molecule has 144 valence electrons. The van der Waals surface area contributed by atoms with Crippen LogP contribution in [0.3, 0.4) is 0 Å². The number of amides is 1. The molecule has 0 unspecified atom stereocenters. The van der Waals surface area contributed by atoms with Gasteiger partial charge in [0.1, 0.15) is 12.1 Å². The van der Waals surface area contributed by atoms with Crippen molar-refractivity contribution in [3.8, 4) is 5.75 Å². The highest BCUT2D eigenvalue weighted by molar-refractivity contribution is 5.84. The highest BCUT2D eigenvalue weighted by Gasteiger charge is 2.31. The van der Waals surface area contributed by atoms with Crippen molar-refractivity contribution in [1.82, 2.24) is 25.1 Å². The van der Waals surface area contributed by atoms with E-state index in [2.05, 4.69) is 20.4 Å². The number of anilines is 1. The lowest BCUT2D eigenvalue weighted by molar-refractivity contribution is -0.134. The van der Waals surface area contributed by atoms with Crippen LogP contribution in [0.15, 0.2) is 60.9 Å². The van der Waals surface area contributed by atoms with Gasteiger partial charge in [0.05, 0.1) is 12.8 Å². The molecule has 1 aliphatic heterocycles. The number of ether oxygens (including phenoxy) is 1. The molecule has 1 amide bonds. The van der Waals surface area contributed by atoms with Crippen molar-refractivity contribution < 1.29 is 9.53 Å². The van der Waals surface area contributed by atoms with Crippen molar-refractivity contribution in [2.45, 2.75) is 6.04 Å². The quantitative estimate of drug-likeness (QED) is 0.672. The van der Waals surface area contributed by atoms with Gasteiger partial charge in [-0.05, 0) is 28.1 Å². The van der Waals surface area contributed by atoms with E-state index in [0.717, 1.165) is 30.1 Å². The van der Waals surface area contributed by atoms with E-state index in [-0.39, 0.29) is 5.91 Å². The predicted molar refractivity (Wildman–Crippen MR) is 104 cm³/mol. The molecule has 0 bridgehead atoms. The Labute approximate surface area is 163 Å². The van der Waals surface area contributed by atoms with Crippen LogP contribution in [0.4, 0.5) is 5.69 Å². The fourth-order valence-corrected chi connectivity index (χ4v) is 3.56. The van der Waals surface area contributed by atoms with E-state index in [0.29, 0.717) is 13.1 Å². The number of piperazine rings is 1. The van der Waals surface area contributed by atoms with Crippen molar-refractivity contribution in [2.75, 3.05) is 38.2 Å². The second-order valence-electron chi connectivity index (χ2n) is 6.59. The number of carbonyl (C=O) groups is 1. The number of tetrazole rings is 1. The Morgan fingerprint density at radius 1 is 1.00 bits per heavy atom. The molecule has 1 aliphatic rings. The lowest BCUT2D eigenvalue weighted by atomic mass is 10.1. The van der Waals surface area contributed by atoms with Gasteiger partial charge in [-0.15, -0.1) is 5.10 Å². The molecule has 4 rings (SSSR count). The molecule has 1 fully saturated rings. The third-order valence-corrected chi connectivity index (χ3v) is 5.00. The molecule has 8 heteroatoms. The van der Waals surface area contributed by atoms with Gasteiger partial charge in [0.25, 0.3) is 5.91 Å². The van der Waals surface area contributed by atoms with Crippen molar-refractivity contribution in [3.05, 3.63) is 66.5 Å². The topological polar surface area (TPSA) is 76.4 Å². The fourth-order valence-electron chi connectivity index (χ4n) is 3.56. The number of benzene rings is 2. The normalized spacial score (nSPS) is 15.3. The molecule has 0 N–H and O–H groups in total. The van der Waals surface area contributed by atoms with Crippen LogP contribution in [0.25, 0.3) is 0 Å². The SMILES string of the molecule is COc1ccccc1N1CCN(C(=O)[C@H](c2ccccc2)n2cnnn2)CC1. The Kier molecular flexibility index (Phi) is 5.18. The van der Waals surface area contributed by atoms with Crippen molar-refractivity contribution in [1.29, 1.82) is 0 Å². The van der Waals surface area contributed by atoms with Crippen LogP contribution in [0.2, 0.25) is 0 Å². The minimum Gasteiger partial charge on any atom is -0.495 e. The number of carbonyl (C=O) groups excluding carboxylic acids is 1. The zero-order valence-electron chi connectivity index (χ0n) is 15.7. The number of hydrogen-bond donors (Lipinski definition) is 0. The van der Waals surface area contributed by atoms with Gasteiger partial charge in [0.2, 0.25) is 0 Å². The summed E-state index contributed by atoms with van der Waals surface area (Å²) in [6.45, 7) is 2.73. The Hall–Kier alpha value is -3.42. The summed E-state index contributed by atoms with van der Waals surface area (Å²) in [6, 6.07) is 17.0. The smallest absolute Gasteiger partial charge is 0.252 e. The van der Waals surface area contributed by atoms with Gasteiger partial charge in [-0.25, -0.2) is 4.68 Å². The van der Waals surface area contributed by atoms with Gasteiger partial charge >= 0.3 is 0 Å². The fraction of sp³-hybridized carbons (Fsp3) is 0.300. The van der Waals surface area contributed by atoms with Gasteiger partial charge in [0.15, 0.2) is 6.04 Å². The third-order valence-electron chi connectivity index (χ3n) is 5.00. The monoisotopic (exact) mass is 378 g/mol. The Morgan fingerprint density at radius 3 is 2.39 bits per heavy atom. The molecule has 0 saturated carbocycles. The second-order valence-corrected chi connectivity index (χ2v) is 6.59. The number of aromatic nitrogens is 4. The Bertz CT molecular complexity index is 907. The molecule has 2 aromatic carbocycles. The zero-order valence-corrected chi connectivity index (χ0v) is 15.7. The van der Waals surface area contributed by atoms with Crippen LogP contribution in [-0.2, 0) is 4.79 Å². The summed E-state index contributed by atoms with van der Waals surface area (Å²) in [5, 5.41) is 11.4. The second kappa shape index (κ2) is 8.08. The number of para-hydroxylation sites is 2. The number of nitrogens with zero attached hydrogens (tertiary/aromatic N) is 6. The van der Waals surface area contributed by atoms with E-state index in [1.54, 1.807) is 7.11 Å². The third kappa shape index (κ3) is 3.53. The molecule has 1 saturated heterocycles. The molecule has 28 heavy (non-hydrogen) atoms. The average Bonchev–Trinajstić information content (AvgIpc) is 3.29. The van der Waals surface area contributed by atoms with Gasteiger partial charge in [0, 0.05) is 26.2 Å². The van der Waals surface area contributed by atoms with Gasteiger partial charge in [-0.1, -0.05) is 42.5 Å². The van der Waals surface area contributed by atoms with Crippen LogP contribution in [0.1, 0.15) is 11.6 Å². The first kappa shape index (κ1) is 18.0. The van der Waals surface area contributed by atoms with E-state index in [9.17, 15) is 4.79 Å². The molecule has 8 nitrogen and oxygen atoms in total. The maximum atomic E-state index is 13.3. The Balaban J connectivity index is 1.51. The van der Waals surface area contributed by atoms with E-state index in [1.807, 2.05) is 59.5 Å². The van der Waals surface area contributed by atoms with Crippen LogP contribution in [-0.4, -0.2) is 64.3 Å². The molecular weight excluding hydrogens is 356 g/mol. The summed E-state index contributed by atoms with van der Waals surface area (Å²) in [7, 11) is 1.68. The molecule has 1 atom stereocenters. The van der Waals surface area contributed by atoms with Gasteiger partial charge in [-0.3, -0.25) is 4.79 Å². The minimum atomic E-state index is -0.561.